The van der Waals surface area contributed by atoms with E-state index < -0.39 is 0 Å². The maximum Gasteiger partial charge on any atom is 0.115 e. The van der Waals surface area contributed by atoms with Crippen LogP contribution < -0.4 is 0 Å². The van der Waals surface area contributed by atoms with Gasteiger partial charge in [0.05, 0.1) is 6.10 Å². The molecule has 0 aliphatic heterocycles. The molecule has 132 valence electrons. The highest BCUT2D eigenvalue weighted by atomic mass is 16.5. The zero-order valence-electron chi connectivity index (χ0n) is 14.9. The average molecular weight is 330 g/mol. The predicted octanol–water partition coefficient (Wildman–Crippen LogP) is 4.19. The lowest BCUT2D eigenvalue weighted by Crippen LogP contribution is -2.44. The number of rotatable bonds is 3. The van der Waals surface area contributed by atoms with Crippen LogP contribution in [-0.4, -0.2) is 30.0 Å². The highest BCUT2D eigenvalue weighted by molar-refractivity contribution is 5.42. The molecule has 0 radical (unpaired) electrons. The number of aliphatic hydroxyl groups is 1. The van der Waals surface area contributed by atoms with Crippen LogP contribution in [0.4, 0.5) is 0 Å². The number of hydrogen-bond donors (Lipinski definition) is 2. The van der Waals surface area contributed by atoms with Gasteiger partial charge in [-0.05, 0) is 90.9 Å². The quantitative estimate of drug-likeness (QED) is 0.874. The number of fused-ring (bicyclic) bond motifs is 5. The van der Waals surface area contributed by atoms with Crippen molar-refractivity contribution in [3.05, 3.63) is 29.3 Å². The van der Waals surface area contributed by atoms with Gasteiger partial charge in [0.2, 0.25) is 0 Å². The summed E-state index contributed by atoms with van der Waals surface area (Å²) in [7, 11) is 1.76. The molecule has 2 fully saturated rings. The Kier molecular flexibility index (Phi) is 4.12. The second kappa shape index (κ2) is 6.03. The largest absolute Gasteiger partial charge is 0.508 e. The van der Waals surface area contributed by atoms with E-state index in [9.17, 15) is 10.2 Å². The van der Waals surface area contributed by atoms with Crippen LogP contribution in [0.5, 0.6) is 5.75 Å². The van der Waals surface area contributed by atoms with Crippen LogP contribution in [0.1, 0.15) is 68.4 Å². The van der Waals surface area contributed by atoms with Gasteiger partial charge in [-0.25, -0.2) is 0 Å². The smallest absolute Gasteiger partial charge is 0.115 e. The van der Waals surface area contributed by atoms with E-state index in [1.54, 1.807) is 7.11 Å². The molecule has 6 atom stereocenters. The molecular formula is C21H30O3. The molecule has 4 rings (SSSR count). The maximum absolute atomic E-state index is 10.6. The number of phenols is 1. The Morgan fingerprint density at radius 2 is 2.04 bits per heavy atom. The van der Waals surface area contributed by atoms with Gasteiger partial charge in [0, 0.05) is 13.7 Å². The number of hydrogen-bond acceptors (Lipinski definition) is 3. The van der Waals surface area contributed by atoms with Crippen molar-refractivity contribution >= 4 is 0 Å². The van der Waals surface area contributed by atoms with Crippen LogP contribution in [0.25, 0.3) is 0 Å². The summed E-state index contributed by atoms with van der Waals surface area (Å²) in [5, 5.41) is 20.5. The number of aliphatic hydroxyl groups excluding tert-OH is 1. The third-order valence-corrected chi connectivity index (χ3v) is 7.52. The molecule has 2 saturated carbocycles. The monoisotopic (exact) mass is 330 g/mol. The Balaban J connectivity index is 1.71. The second-order valence-corrected chi connectivity index (χ2v) is 8.54. The fraction of sp³-hybridized carbons (Fsp3) is 0.714. The minimum atomic E-state index is -0.123. The van der Waals surface area contributed by atoms with E-state index in [1.807, 2.05) is 12.1 Å². The molecule has 0 amide bonds. The van der Waals surface area contributed by atoms with Crippen molar-refractivity contribution in [1.82, 2.24) is 0 Å². The molecule has 0 saturated heterocycles. The second-order valence-electron chi connectivity index (χ2n) is 8.54. The first-order chi connectivity index (χ1) is 11.5. The summed E-state index contributed by atoms with van der Waals surface area (Å²) in [5.41, 5.74) is 2.91. The molecule has 1 unspecified atom stereocenters. The van der Waals surface area contributed by atoms with Gasteiger partial charge < -0.3 is 14.9 Å². The lowest BCUT2D eigenvalue weighted by Gasteiger charge is -2.51. The minimum Gasteiger partial charge on any atom is -0.508 e. The predicted molar refractivity (Wildman–Crippen MR) is 94.3 cm³/mol. The van der Waals surface area contributed by atoms with E-state index in [0.29, 0.717) is 29.4 Å². The Labute approximate surface area is 145 Å². The van der Waals surface area contributed by atoms with Gasteiger partial charge in [-0.3, -0.25) is 0 Å². The Morgan fingerprint density at radius 1 is 1.21 bits per heavy atom. The third kappa shape index (κ3) is 2.40. The van der Waals surface area contributed by atoms with Crippen molar-refractivity contribution in [3.8, 4) is 5.75 Å². The van der Waals surface area contributed by atoms with E-state index in [4.69, 9.17) is 4.74 Å². The average Bonchev–Trinajstić information content (AvgIpc) is 2.88. The van der Waals surface area contributed by atoms with Crippen LogP contribution in [0.15, 0.2) is 18.2 Å². The van der Waals surface area contributed by atoms with E-state index in [-0.39, 0.29) is 11.5 Å². The van der Waals surface area contributed by atoms with Crippen LogP contribution in [-0.2, 0) is 4.74 Å². The molecule has 0 bridgehead atoms. The first-order valence-electron chi connectivity index (χ1n) is 9.54. The minimum absolute atomic E-state index is 0.112. The molecule has 0 heterocycles. The molecule has 1 aromatic carbocycles. The van der Waals surface area contributed by atoms with E-state index in [2.05, 4.69) is 13.0 Å². The normalized spacial score (nSPS) is 40.7. The van der Waals surface area contributed by atoms with Crippen molar-refractivity contribution in [3.63, 3.8) is 0 Å². The fourth-order valence-corrected chi connectivity index (χ4v) is 6.22. The molecule has 3 aliphatic rings. The lowest BCUT2D eigenvalue weighted by molar-refractivity contribution is -0.0257. The number of methoxy groups -OCH3 is 1. The van der Waals surface area contributed by atoms with Gasteiger partial charge in [0.15, 0.2) is 0 Å². The first kappa shape index (κ1) is 16.4. The molecular weight excluding hydrogens is 300 g/mol. The maximum atomic E-state index is 10.6. The molecule has 0 aromatic heterocycles. The topological polar surface area (TPSA) is 49.7 Å². The van der Waals surface area contributed by atoms with Crippen molar-refractivity contribution in [1.29, 1.82) is 0 Å². The first-order valence-corrected chi connectivity index (χ1v) is 9.54. The number of ether oxygens (including phenoxy) is 1. The van der Waals surface area contributed by atoms with E-state index >= 15 is 0 Å². The number of benzene rings is 1. The molecule has 3 heteroatoms. The molecule has 3 aliphatic carbocycles. The fourth-order valence-electron chi connectivity index (χ4n) is 6.22. The molecule has 2 N–H and O–H groups in total. The van der Waals surface area contributed by atoms with E-state index in [1.165, 1.54) is 30.4 Å². The Morgan fingerprint density at radius 3 is 2.83 bits per heavy atom. The van der Waals surface area contributed by atoms with Gasteiger partial charge in [-0.15, -0.1) is 0 Å². The van der Waals surface area contributed by atoms with Gasteiger partial charge in [-0.1, -0.05) is 13.0 Å². The van der Waals surface area contributed by atoms with Crippen molar-refractivity contribution in [2.75, 3.05) is 13.7 Å². The SMILES string of the molecule is COCC[C@@H]1C[C@@H]2[C@H](CC[C@]3(C)C(O)CC[C@@H]23)c2ccc(O)cc21. The van der Waals surface area contributed by atoms with Crippen molar-refractivity contribution in [2.24, 2.45) is 17.3 Å². The van der Waals surface area contributed by atoms with Gasteiger partial charge in [-0.2, -0.15) is 0 Å². The van der Waals surface area contributed by atoms with Crippen molar-refractivity contribution in [2.45, 2.75) is 63.4 Å². The van der Waals surface area contributed by atoms with Gasteiger partial charge >= 0.3 is 0 Å². The lowest BCUT2D eigenvalue weighted by atomic mass is 9.53. The summed E-state index contributed by atoms with van der Waals surface area (Å²) in [6.45, 7) is 3.09. The highest BCUT2D eigenvalue weighted by Crippen LogP contribution is 2.62. The van der Waals surface area contributed by atoms with Gasteiger partial charge in [0.25, 0.3) is 0 Å². The van der Waals surface area contributed by atoms with Gasteiger partial charge in [0.1, 0.15) is 5.75 Å². The summed E-state index contributed by atoms with van der Waals surface area (Å²) >= 11 is 0. The molecule has 1 aromatic rings. The number of aromatic hydroxyl groups is 1. The molecule has 3 nitrogen and oxygen atoms in total. The molecule has 24 heavy (non-hydrogen) atoms. The summed E-state index contributed by atoms with van der Waals surface area (Å²) in [5.74, 6) is 2.75. The summed E-state index contributed by atoms with van der Waals surface area (Å²) in [6.07, 6.45) is 6.51. The number of phenolic OH excluding ortho intramolecular Hbond substituents is 1. The standard InChI is InChI=1S/C21H30O3/c1-21-9-7-16-15-4-3-14(22)12-17(15)13(8-10-24-2)11-18(16)19(21)5-6-20(21)23/h3-4,12-13,16,18-20,22-23H,5-11H2,1-2H3/t13-,16-,18-,19+,20?,21+/m1/s1. The zero-order valence-corrected chi connectivity index (χ0v) is 14.9. The molecule has 0 spiro atoms. The van der Waals surface area contributed by atoms with Crippen LogP contribution in [0.3, 0.4) is 0 Å². The van der Waals surface area contributed by atoms with Crippen LogP contribution in [0, 0.1) is 17.3 Å². The van der Waals surface area contributed by atoms with Crippen LogP contribution in [0.2, 0.25) is 0 Å². The van der Waals surface area contributed by atoms with Crippen LogP contribution >= 0.6 is 0 Å². The summed E-state index contributed by atoms with van der Waals surface area (Å²) in [6, 6.07) is 6.00. The Bertz CT molecular complexity index is 613. The van der Waals surface area contributed by atoms with Crippen molar-refractivity contribution < 1.29 is 14.9 Å². The summed E-state index contributed by atoms with van der Waals surface area (Å²) in [4.78, 5) is 0. The summed E-state index contributed by atoms with van der Waals surface area (Å²) < 4.78 is 5.35. The highest BCUT2D eigenvalue weighted by Gasteiger charge is 2.55. The third-order valence-electron chi connectivity index (χ3n) is 7.52. The zero-order chi connectivity index (χ0) is 16.9. The van der Waals surface area contributed by atoms with E-state index in [0.717, 1.165) is 25.9 Å². The Hall–Kier alpha value is -1.06.